The molecule has 2 fully saturated rings. The van der Waals surface area contributed by atoms with Gasteiger partial charge in [0, 0.05) is 18.7 Å². The van der Waals surface area contributed by atoms with Crippen LogP contribution in [0, 0.1) is 11.7 Å². The van der Waals surface area contributed by atoms with Gasteiger partial charge in [0.15, 0.2) is 0 Å². The van der Waals surface area contributed by atoms with Gasteiger partial charge in [-0.1, -0.05) is 43.2 Å². The molecule has 3 aromatic rings. The monoisotopic (exact) mass is 532 g/mol. The minimum absolute atomic E-state index is 0.209. The van der Waals surface area contributed by atoms with E-state index in [1.807, 2.05) is 42.6 Å². The van der Waals surface area contributed by atoms with E-state index in [0.717, 1.165) is 24.2 Å². The summed E-state index contributed by atoms with van der Waals surface area (Å²) in [6.07, 6.45) is 6.20. The highest BCUT2D eigenvalue weighted by molar-refractivity contribution is 5.87. The lowest BCUT2D eigenvalue weighted by Gasteiger charge is -2.33. The van der Waals surface area contributed by atoms with Gasteiger partial charge in [0.1, 0.15) is 17.5 Å². The second kappa shape index (κ2) is 11.2. The van der Waals surface area contributed by atoms with Gasteiger partial charge in [-0.25, -0.2) is 13.9 Å². The Hall–Kier alpha value is -3.68. The Morgan fingerprint density at radius 3 is 2.49 bits per heavy atom. The Labute approximate surface area is 229 Å². The highest BCUT2D eigenvalue weighted by Gasteiger charge is 2.50. The van der Waals surface area contributed by atoms with Crippen molar-refractivity contribution in [1.82, 2.24) is 20.0 Å². The standard InChI is InChI=1S/C31H37FN4O3/c1-31(2,3)39-30(38)36-27(29(37)33-20-21-10-7-8-11-21)19-25(28(36)22-12-9-13-23(32)18-22)26-16-17-35(34-26)24-14-5-4-6-15-24/h4-6,9,12-18,21,25,27-28H,7-8,10-11,19-20H2,1-3H3,(H,33,37)/t25-,27+,28+/m1/s1. The van der Waals surface area contributed by atoms with Crippen molar-refractivity contribution >= 4 is 12.0 Å². The van der Waals surface area contributed by atoms with Crippen molar-refractivity contribution in [3.8, 4) is 5.69 Å². The molecular weight excluding hydrogens is 495 g/mol. The zero-order chi connectivity index (χ0) is 27.6. The summed E-state index contributed by atoms with van der Waals surface area (Å²) < 4.78 is 22.1. The highest BCUT2D eigenvalue weighted by Crippen LogP contribution is 2.47. The van der Waals surface area contributed by atoms with Crippen molar-refractivity contribution in [3.63, 3.8) is 0 Å². The topological polar surface area (TPSA) is 76.5 Å². The Balaban J connectivity index is 1.53. The fourth-order valence-electron chi connectivity index (χ4n) is 5.86. The fraction of sp³-hybridized carbons (Fsp3) is 0.452. The zero-order valence-electron chi connectivity index (χ0n) is 22.8. The highest BCUT2D eigenvalue weighted by atomic mass is 19.1. The predicted molar refractivity (Wildman–Crippen MR) is 147 cm³/mol. The van der Waals surface area contributed by atoms with Crippen LogP contribution in [0.3, 0.4) is 0 Å². The molecule has 8 heteroatoms. The van der Waals surface area contributed by atoms with E-state index in [1.165, 1.54) is 29.9 Å². The van der Waals surface area contributed by atoms with Crippen LogP contribution in [0.5, 0.6) is 0 Å². The summed E-state index contributed by atoms with van der Waals surface area (Å²) in [6, 6.07) is 16.5. The fourth-order valence-corrected chi connectivity index (χ4v) is 5.86. The van der Waals surface area contributed by atoms with Gasteiger partial charge in [0.2, 0.25) is 5.91 Å². The van der Waals surface area contributed by atoms with Crippen molar-refractivity contribution in [2.75, 3.05) is 6.54 Å². The summed E-state index contributed by atoms with van der Waals surface area (Å²) in [5.41, 5.74) is 1.47. The quantitative estimate of drug-likeness (QED) is 0.413. The molecule has 2 aliphatic rings. The van der Waals surface area contributed by atoms with Gasteiger partial charge in [0.25, 0.3) is 0 Å². The molecule has 5 rings (SSSR count). The Morgan fingerprint density at radius 2 is 1.79 bits per heavy atom. The van der Waals surface area contributed by atoms with E-state index in [1.54, 1.807) is 37.6 Å². The summed E-state index contributed by atoms with van der Waals surface area (Å²) in [6.45, 7) is 5.99. The molecule has 1 aliphatic carbocycles. The van der Waals surface area contributed by atoms with Gasteiger partial charge in [-0.2, -0.15) is 5.10 Å². The number of likely N-dealkylation sites (tertiary alicyclic amines) is 1. The molecule has 39 heavy (non-hydrogen) atoms. The van der Waals surface area contributed by atoms with Crippen molar-refractivity contribution in [3.05, 3.63) is 83.9 Å². The second-order valence-corrected chi connectivity index (χ2v) is 11.7. The number of benzene rings is 2. The number of nitrogens with zero attached hydrogens (tertiary/aromatic N) is 3. The summed E-state index contributed by atoms with van der Waals surface area (Å²) in [7, 11) is 0. The first kappa shape index (κ1) is 26.9. The lowest BCUT2D eigenvalue weighted by molar-refractivity contribution is -0.126. The number of ether oxygens (including phenoxy) is 1. The maximum Gasteiger partial charge on any atom is 0.411 e. The van der Waals surface area contributed by atoms with Crippen molar-refractivity contribution < 1.29 is 18.7 Å². The normalized spacial score (nSPS) is 21.7. The van der Waals surface area contributed by atoms with Gasteiger partial charge < -0.3 is 10.1 Å². The third-order valence-corrected chi connectivity index (χ3v) is 7.64. The largest absolute Gasteiger partial charge is 0.444 e. The molecule has 7 nitrogen and oxygen atoms in total. The average Bonchev–Trinajstić information content (AvgIpc) is 3.66. The number of carbonyl (C=O) groups is 2. The van der Waals surface area contributed by atoms with Crippen LogP contribution >= 0.6 is 0 Å². The lowest BCUT2D eigenvalue weighted by atomic mass is 9.90. The molecule has 3 atom stereocenters. The Morgan fingerprint density at radius 1 is 1.05 bits per heavy atom. The number of amides is 2. The third-order valence-electron chi connectivity index (χ3n) is 7.64. The summed E-state index contributed by atoms with van der Waals surface area (Å²) in [5.74, 6) is -0.494. The molecule has 1 N–H and O–H groups in total. The first-order chi connectivity index (χ1) is 18.7. The van der Waals surface area contributed by atoms with Gasteiger partial charge in [-0.3, -0.25) is 9.69 Å². The van der Waals surface area contributed by atoms with Crippen LogP contribution in [0.15, 0.2) is 66.9 Å². The van der Waals surface area contributed by atoms with E-state index in [4.69, 9.17) is 9.84 Å². The van der Waals surface area contributed by atoms with Crippen LogP contribution in [0.25, 0.3) is 5.69 Å². The lowest BCUT2D eigenvalue weighted by Crippen LogP contribution is -2.49. The number of aromatic nitrogens is 2. The number of rotatable bonds is 6. The van der Waals surface area contributed by atoms with E-state index in [2.05, 4.69) is 5.32 Å². The summed E-state index contributed by atoms with van der Waals surface area (Å²) in [4.78, 5) is 28.9. The predicted octanol–water partition coefficient (Wildman–Crippen LogP) is 6.15. The van der Waals surface area contributed by atoms with E-state index < -0.39 is 29.6 Å². The van der Waals surface area contributed by atoms with E-state index in [0.29, 0.717) is 24.4 Å². The Bertz CT molecular complexity index is 1300. The molecule has 0 bridgehead atoms. The minimum atomic E-state index is -0.776. The zero-order valence-corrected chi connectivity index (χ0v) is 22.8. The maximum absolute atomic E-state index is 14.5. The molecule has 1 aliphatic heterocycles. The van der Waals surface area contributed by atoms with Gasteiger partial charge >= 0.3 is 6.09 Å². The SMILES string of the molecule is CC(C)(C)OC(=O)N1[C@H](C(=O)NCC2CCCC2)C[C@H](c2ccn(-c3ccccc3)n2)[C@@H]1c1cccc(F)c1. The van der Waals surface area contributed by atoms with E-state index >= 15 is 0 Å². The number of carbonyl (C=O) groups excluding carboxylic acids is 2. The van der Waals surface area contributed by atoms with Crippen molar-refractivity contribution in [2.45, 2.75) is 76.5 Å². The van der Waals surface area contributed by atoms with Crippen LogP contribution in [0.1, 0.15) is 76.1 Å². The van der Waals surface area contributed by atoms with Crippen LogP contribution in [0.4, 0.5) is 9.18 Å². The molecule has 2 heterocycles. The average molecular weight is 533 g/mol. The van der Waals surface area contributed by atoms with E-state index in [9.17, 15) is 14.0 Å². The van der Waals surface area contributed by atoms with Crippen LogP contribution < -0.4 is 5.32 Å². The summed E-state index contributed by atoms with van der Waals surface area (Å²) >= 11 is 0. The molecule has 0 spiro atoms. The van der Waals surface area contributed by atoms with Gasteiger partial charge in [-0.15, -0.1) is 0 Å². The molecule has 1 aromatic heterocycles. The number of halogens is 1. The molecule has 0 radical (unpaired) electrons. The van der Waals surface area contributed by atoms with Crippen molar-refractivity contribution in [1.29, 1.82) is 0 Å². The number of nitrogens with one attached hydrogen (secondary N) is 1. The number of hydrogen-bond donors (Lipinski definition) is 1. The minimum Gasteiger partial charge on any atom is -0.444 e. The van der Waals surface area contributed by atoms with Crippen LogP contribution in [-0.4, -0.2) is 44.9 Å². The van der Waals surface area contributed by atoms with Crippen LogP contribution in [-0.2, 0) is 9.53 Å². The third kappa shape index (κ3) is 6.15. The first-order valence-corrected chi connectivity index (χ1v) is 13.8. The molecule has 206 valence electrons. The molecular formula is C31H37FN4O3. The summed E-state index contributed by atoms with van der Waals surface area (Å²) in [5, 5.41) is 7.96. The van der Waals surface area contributed by atoms with Gasteiger partial charge in [-0.05, 0) is 81.8 Å². The molecule has 2 aromatic carbocycles. The molecule has 0 unspecified atom stereocenters. The second-order valence-electron chi connectivity index (χ2n) is 11.7. The molecule has 2 amide bonds. The molecule has 1 saturated carbocycles. The van der Waals surface area contributed by atoms with Gasteiger partial charge in [0.05, 0.1) is 17.4 Å². The smallest absolute Gasteiger partial charge is 0.411 e. The van der Waals surface area contributed by atoms with Crippen LogP contribution in [0.2, 0.25) is 0 Å². The Kier molecular flexibility index (Phi) is 7.73. The number of hydrogen-bond acceptors (Lipinski definition) is 4. The van der Waals surface area contributed by atoms with E-state index in [-0.39, 0.29) is 11.8 Å². The maximum atomic E-state index is 14.5. The first-order valence-electron chi connectivity index (χ1n) is 13.8. The van der Waals surface area contributed by atoms with Crippen molar-refractivity contribution in [2.24, 2.45) is 5.92 Å². The molecule has 1 saturated heterocycles. The number of para-hydroxylation sites is 1.